The van der Waals surface area contributed by atoms with E-state index in [1.165, 1.54) is 0 Å². The molecule has 28 heavy (non-hydrogen) atoms. The molecule has 0 saturated heterocycles. The van der Waals surface area contributed by atoms with Crippen LogP contribution in [0.3, 0.4) is 0 Å². The van der Waals surface area contributed by atoms with Gasteiger partial charge >= 0.3 is 0 Å². The van der Waals surface area contributed by atoms with Crippen molar-refractivity contribution in [3.63, 3.8) is 0 Å². The standard InChI is InChI=1S/C22H27IN4O/c1-4-12-27-20(25-19-9-6-11-24-21(19)27)15-26(13-10-16(2)3)22(28)17-7-5-8-18(23)14-17/h5-9,11,14,16H,4,10,12-13,15H2,1-3H3. The molecular formula is C22H27IN4O. The molecule has 0 N–H and O–H groups in total. The second kappa shape index (κ2) is 9.49. The summed E-state index contributed by atoms with van der Waals surface area (Å²) in [6, 6.07) is 11.7. The third-order valence-corrected chi connectivity index (χ3v) is 5.37. The third-order valence-electron chi connectivity index (χ3n) is 4.70. The van der Waals surface area contributed by atoms with Gasteiger partial charge in [-0.2, -0.15) is 0 Å². The molecule has 2 aromatic heterocycles. The minimum absolute atomic E-state index is 0.0576. The summed E-state index contributed by atoms with van der Waals surface area (Å²) in [5, 5.41) is 0. The first kappa shape index (κ1) is 20.8. The summed E-state index contributed by atoms with van der Waals surface area (Å²) >= 11 is 2.25. The Morgan fingerprint density at radius 1 is 1.25 bits per heavy atom. The Bertz CT molecular complexity index is 951. The van der Waals surface area contributed by atoms with Crippen LogP contribution in [0.2, 0.25) is 0 Å². The Morgan fingerprint density at radius 3 is 2.79 bits per heavy atom. The lowest BCUT2D eigenvalue weighted by atomic mass is 10.1. The predicted molar refractivity (Wildman–Crippen MR) is 121 cm³/mol. The maximum Gasteiger partial charge on any atom is 0.254 e. The van der Waals surface area contributed by atoms with Crippen LogP contribution < -0.4 is 0 Å². The average Bonchev–Trinajstić information content (AvgIpc) is 3.02. The van der Waals surface area contributed by atoms with Crippen molar-refractivity contribution in [1.29, 1.82) is 0 Å². The summed E-state index contributed by atoms with van der Waals surface area (Å²) in [5.41, 5.74) is 2.51. The number of halogens is 1. The van der Waals surface area contributed by atoms with Gasteiger partial charge in [0.15, 0.2) is 5.65 Å². The summed E-state index contributed by atoms with van der Waals surface area (Å²) in [6.07, 6.45) is 3.75. The average molecular weight is 490 g/mol. The molecule has 6 heteroatoms. The molecule has 0 bridgehead atoms. The maximum atomic E-state index is 13.3. The van der Waals surface area contributed by atoms with E-state index < -0.39 is 0 Å². The highest BCUT2D eigenvalue weighted by molar-refractivity contribution is 14.1. The number of imidazole rings is 1. The zero-order valence-electron chi connectivity index (χ0n) is 16.7. The van der Waals surface area contributed by atoms with Gasteiger partial charge in [-0.05, 0) is 71.7 Å². The molecule has 0 unspecified atom stereocenters. The summed E-state index contributed by atoms with van der Waals surface area (Å²) < 4.78 is 3.22. The van der Waals surface area contributed by atoms with Crippen LogP contribution in [0.15, 0.2) is 42.6 Å². The molecule has 0 aliphatic carbocycles. The number of nitrogens with zero attached hydrogens (tertiary/aromatic N) is 4. The Hall–Kier alpha value is -1.96. The molecule has 1 aromatic carbocycles. The second-order valence-electron chi connectivity index (χ2n) is 7.45. The first-order valence-corrected chi connectivity index (χ1v) is 10.9. The van der Waals surface area contributed by atoms with E-state index in [2.05, 4.69) is 52.9 Å². The molecule has 0 radical (unpaired) electrons. The number of benzene rings is 1. The van der Waals surface area contributed by atoms with Crippen LogP contribution in [-0.4, -0.2) is 31.9 Å². The number of carbonyl (C=O) groups is 1. The van der Waals surface area contributed by atoms with Gasteiger partial charge in [0.05, 0.1) is 6.54 Å². The number of aryl methyl sites for hydroxylation is 1. The fourth-order valence-corrected chi connectivity index (χ4v) is 3.77. The van der Waals surface area contributed by atoms with E-state index >= 15 is 0 Å². The van der Waals surface area contributed by atoms with E-state index in [0.29, 0.717) is 19.0 Å². The highest BCUT2D eigenvalue weighted by Gasteiger charge is 2.20. The number of rotatable bonds is 8. The topological polar surface area (TPSA) is 51.0 Å². The molecular weight excluding hydrogens is 463 g/mol. The first-order chi connectivity index (χ1) is 13.5. The van der Waals surface area contributed by atoms with Crippen molar-refractivity contribution in [3.05, 3.63) is 57.6 Å². The van der Waals surface area contributed by atoms with E-state index in [0.717, 1.165) is 45.5 Å². The molecule has 0 aliphatic heterocycles. The number of pyridine rings is 1. The first-order valence-electron chi connectivity index (χ1n) is 9.84. The number of amides is 1. The van der Waals surface area contributed by atoms with Crippen molar-refractivity contribution < 1.29 is 4.79 Å². The van der Waals surface area contributed by atoms with Crippen LogP contribution in [0.25, 0.3) is 11.2 Å². The van der Waals surface area contributed by atoms with E-state index in [1.54, 1.807) is 6.20 Å². The maximum absolute atomic E-state index is 13.3. The third kappa shape index (κ3) is 4.90. The molecule has 5 nitrogen and oxygen atoms in total. The largest absolute Gasteiger partial charge is 0.331 e. The number of hydrogen-bond acceptors (Lipinski definition) is 3. The van der Waals surface area contributed by atoms with E-state index in [9.17, 15) is 4.79 Å². The van der Waals surface area contributed by atoms with Crippen molar-refractivity contribution >= 4 is 39.7 Å². The minimum Gasteiger partial charge on any atom is -0.331 e. The summed E-state index contributed by atoms with van der Waals surface area (Å²) in [7, 11) is 0. The fourth-order valence-electron chi connectivity index (χ4n) is 3.23. The Morgan fingerprint density at radius 2 is 2.07 bits per heavy atom. The Labute approximate surface area is 180 Å². The molecule has 3 aromatic rings. The van der Waals surface area contributed by atoms with Crippen LogP contribution in [0.1, 0.15) is 49.8 Å². The van der Waals surface area contributed by atoms with Crippen molar-refractivity contribution in [3.8, 4) is 0 Å². The van der Waals surface area contributed by atoms with Gasteiger partial charge in [-0.3, -0.25) is 4.79 Å². The fraction of sp³-hybridized carbons (Fsp3) is 0.409. The number of hydrogen-bond donors (Lipinski definition) is 0. The van der Waals surface area contributed by atoms with Gasteiger partial charge in [-0.15, -0.1) is 0 Å². The lowest BCUT2D eigenvalue weighted by Crippen LogP contribution is -2.33. The SMILES string of the molecule is CCCn1c(CN(CCC(C)C)C(=O)c2cccc(I)c2)nc2cccnc21. The Kier molecular flexibility index (Phi) is 7.04. The lowest BCUT2D eigenvalue weighted by Gasteiger charge is -2.24. The van der Waals surface area contributed by atoms with Gasteiger partial charge in [-0.1, -0.05) is 26.8 Å². The van der Waals surface area contributed by atoms with Crippen LogP contribution in [0.4, 0.5) is 0 Å². The Balaban J connectivity index is 1.94. The second-order valence-corrected chi connectivity index (χ2v) is 8.69. The zero-order valence-corrected chi connectivity index (χ0v) is 18.9. The van der Waals surface area contributed by atoms with Crippen molar-refractivity contribution in [2.24, 2.45) is 5.92 Å². The molecule has 0 atom stereocenters. The molecule has 3 rings (SSSR count). The molecule has 148 valence electrons. The van der Waals surface area contributed by atoms with E-state index in [1.807, 2.05) is 41.3 Å². The van der Waals surface area contributed by atoms with Crippen molar-refractivity contribution in [1.82, 2.24) is 19.4 Å². The van der Waals surface area contributed by atoms with Gasteiger partial charge in [0.1, 0.15) is 11.3 Å². The lowest BCUT2D eigenvalue weighted by molar-refractivity contribution is 0.0729. The highest BCUT2D eigenvalue weighted by atomic mass is 127. The molecule has 2 heterocycles. The smallest absolute Gasteiger partial charge is 0.254 e. The molecule has 0 spiro atoms. The van der Waals surface area contributed by atoms with E-state index in [4.69, 9.17) is 4.98 Å². The predicted octanol–water partition coefficient (Wildman–Crippen LogP) is 5.13. The highest BCUT2D eigenvalue weighted by Crippen LogP contribution is 2.19. The van der Waals surface area contributed by atoms with Crippen molar-refractivity contribution in [2.45, 2.75) is 46.7 Å². The van der Waals surface area contributed by atoms with Gasteiger partial charge in [0, 0.05) is 28.4 Å². The molecule has 1 amide bonds. The zero-order chi connectivity index (χ0) is 20.1. The number of carbonyl (C=O) groups excluding carboxylic acids is 1. The van der Waals surface area contributed by atoms with E-state index in [-0.39, 0.29) is 5.91 Å². The monoisotopic (exact) mass is 490 g/mol. The van der Waals surface area contributed by atoms with Crippen LogP contribution >= 0.6 is 22.6 Å². The number of aromatic nitrogens is 3. The van der Waals surface area contributed by atoms with Crippen LogP contribution in [-0.2, 0) is 13.1 Å². The van der Waals surface area contributed by atoms with Crippen LogP contribution in [0, 0.1) is 9.49 Å². The van der Waals surface area contributed by atoms with Gasteiger partial charge in [0.25, 0.3) is 5.91 Å². The van der Waals surface area contributed by atoms with Crippen LogP contribution in [0.5, 0.6) is 0 Å². The summed E-state index contributed by atoms with van der Waals surface area (Å²) in [5.74, 6) is 1.49. The minimum atomic E-state index is 0.0576. The van der Waals surface area contributed by atoms with Gasteiger partial charge in [-0.25, -0.2) is 9.97 Å². The summed E-state index contributed by atoms with van der Waals surface area (Å²) in [4.78, 5) is 24.5. The molecule has 0 aliphatic rings. The van der Waals surface area contributed by atoms with Gasteiger partial charge in [0.2, 0.25) is 0 Å². The number of fused-ring (bicyclic) bond motifs is 1. The van der Waals surface area contributed by atoms with Crippen molar-refractivity contribution in [2.75, 3.05) is 6.54 Å². The van der Waals surface area contributed by atoms with Gasteiger partial charge < -0.3 is 9.47 Å². The quantitative estimate of drug-likeness (QED) is 0.412. The molecule has 0 saturated carbocycles. The molecule has 0 fully saturated rings. The normalized spacial score (nSPS) is 11.3. The summed E-state index contributed by atoms with van der Waals surface area (Å²) in [6.45, 7) is 8.57.